The Morgan fingerprint density at radius 1 is 0.949 bits per heavy atom. The second-order valence-corrected chi connectivity index (χ2v) is 11.9. The van der Waals surface area contributed by atoms with Crippen LogP contribution in [0, 0.1) is 5.82 Å². The molecule has 0 bridgehead atoms. The molecule has 0 saturated heterocycles. The van der Waals surface area contributed by atoms with Crippen molar-refractivity contribution < 1.29 is 27.1 Å². The van der Waals surface area contributed by atoms with E-state index in [0.717, 1.165) is 22.0 Å². The summed E-state index contributed by atoms with van der Waals surface area (Å²) in [5.41, 5.74) is 0.338. The van der Waals surface area contributed by atoms with E-state index in [2.05, 4.69) is 5.32 Å². The lowest BCUT2D eigenvalue weighted by Gasteiger charge is -2.33. The number of rotatable bonds is 10. The molecule has 2 amide bonds. The molecule has 0 aliphatic heterocycles. The maximum absolute atomic E-state index is 13.8. The molecule has 0 fully saturated rings. The smallest absolute Gasteiger partial charge is 0.264 e. The van der Waals surface area contributed by atoms with Gasteiger partial charge in [0.2, 0.25) is 11.8 Å². The number of benzene rings is 3. The van der Waals surface area contributed by atoms with Crippen LogP contribution in [0.5, 0.6) is 5.75 Å². The summed E-state index contributed by atoms with van der Waals surface area (Å²) in [6.45, 7) is 6.57. The van der Waals surface area contributed by atoms with E-state index in [1.807, 2.05) is 51.1 Å². The van der Waals surface area contributed by atoms with Crippen LogP contribution in [0.4, 0.5) is 10.1 Å². The van der Waals surface area contributed by atoms with Crippen LogP contribution in [0.2, 0.25) is 0 Å². The van der Waals surface area contributed by atoms with Gasteiger partial charge in [-0.05, 0) is 81.8 Å². The van der Waals surface area contributed by atoms with Crippen LogP contribution >= 0.6 is 0 Å². The highest BCUT2D eigenvalue weighted by Crippen LogP contribution is 2.26. The number of nitrogens with one attached hydrogen (secondary N) is 1. The Hall–Kier alpha value is -3.92. The zero-order valence-corrected chi connectivity index (χ0v) is 23.5. The number of carbonyl (C=O) groups is 2. The number of sulfonamides is 1. The summed E-state index contributed by atoms with van der Waals surface area (Å²) in [5, 5.41) is 2.88. The molecular formula is C29H34FN3O5S. The summed E-state index contributed by atoms with van der Waals surface area (Å²) in [4.78, 5) is 28.2. The lowest BCUT2D eigenvalue weighted by atomic mass is 10.1. The molecule has 3 rings (SSSR count). The van der Waals surface area contributed by atoms with E-state index in [-0.39, 0.29) is 23.0 Å². The maximum atomic E-state index is 13.8. The Morgan fingerprint density at radius 3 is 2.08 bits per heavy atom. The first kappa shape index (κ1) is 29.6. The van der Waals surface area contributed by atoms with Gasteiger partial charge in [0.05, 0.1) is 17.7 Å². The highest BCUT2D eigenvalue weighted by atomic mass is 32.2. The first-order chi connectivity index (χ1) is 18.3. The number of carbonyl (C=O) groups excluding carboxylic acids is 2. The standard InChI is InChI=1S/C29H34FN3O5S/c1-21(28(35)31-29(2,3)4)32(19-22-9-7-6-8-10-22)27(34)20-33(24-13-11-23(30)12-14-24)39(36,37)26-17-15-25(38-5)16-18-26/h6-18,21H,19-20H2,1-5H3,(H,31,35)/t21-/m0/s1. The zero-order chi connectivity index (χ0) is 28.8. The summed E-state index contributed by atoms with van der Waals surface area (Å²) in [6.07, 6.45) is 0. The van der Waals surface area contributed by atoms with Crippen molar-refractivity contribution in [1.82, 2.24) is 10.2 Å². The molecular weight excluding hydrogens is 521 g/mol. The van der Waals surface area contributed by atoms with Crippen LogP contribution in [-0.2, 0) is 26.2 Å². The van der Waals surface area contributed by atoms with Gasteiger partial charge in [-0.2, -0.15) is 0 Å². The summed E-state index contributed by atoms with van der Waals surface area (Å²) in [7, 11) is -2.80. The van der Waals surface area contributed by atoms with Crippen molar-refractivity contribution >= 4 is 27.5 Å². The highest BCUT2D eigenvalue weighted by Gasteiger charge is 2.33. The number of anilines is 1. The Kier molecular flexibility index (Phi) is 9.34. The van der Waals surface area contributed by atoms with Gasteiger partial charge in [-0.3, -0.25) is 13.9 Å². The van der Waals surface area contributed by atoms with Crippen molar-refractivity contribution in [3.8, 4) is 5.75 Å². The predicted molar refractivity (Wildman–Crippen MR) is 148 cm³/mol. The van der Waals surface area contributed by atoms with E-state index < -0.39 is 39.9 Å². The van der Waals surface area contributed by atoms with Crippen molar-refractivity contribution in [3.63, 3.8) is 0 Å². The molecule has 0 radical (unpaired) electrons. The van der Waals surface area contributed by atoms with Crippen molar-refractivity contribution in [1.29, 1.82) is 0 Å². The molecule has 0 aliphatic rings. The van der Waals surface area contributed by atoms with Gasteiger partial charge in [0, 0.05) is 12.1 Å². The molecule has 0 saturated carbocycles. The van der Waals surface area contributed by atoms with E-state index in [0.29, 0.717) is 5.75 Å². The number of ether oxygens (including phenoxy) is 1. The molecule has 1 atom stereocenters. The fourth-order valence-corrected chi connectivity index (χ4v) is 5.26. The molecule has 1 N–H and O–H groups in total. The topological polar surface area (TPSA) is 96.0 Å². The van der Waals surface area contributed by atoms with Crippen molar-refractivity contribution in [2.45, 2.75) is 50.7 Å². The third-order valence-corrected chi connectivity index (χ3v) is 7.69. The van der Waals surface area contributed by atoms with Gasteiger partial charge in [-0.1, -0.05) is 30.3 Å². The van der Waals surface area contributed by atoms with Gasteiger partial charge in [-0.25, -0.2) is 12.8 Å². The summed E-state index contributed by atoms with van der Waals surface area (Å²) in [6, 6.07) is 18.8. The summed E-state index contributed by atoms with van der Waals surface area (Å²) >= 11 is 0. The lowest BCUT2D eigenvalue weighted by molar-refractivity contribution is -0.140. The van der Waals surface area contributed by atoms with Crippen LogP contribution in [0.1, 0.15) is 33.3 Å². The first-order valence-electron chi connectivity index (χ1n) is 12.4. The summed E-state index contributed by atoms with van der Waals surface area (Å²) in [5.74, 6) is -1.06. The largest absolute Gasteiger partial charge is 0.497 e. The molecule has 3 aromatic rings. The van der Waals surface area contributed by atoms with Gasteiger partial charge < -0.3 is 15.0 Å². The molecule has 8 nitrogen and oxygen atoms in total. The number of nitrogens with zero attached hydrogens (tertiary/aromatic N) is 2. The van der Waals surface area contributed by atoms with Crippen molar-refractivity contribution in [2.75, 3.05) is 18.0 Å². The fraction of sp³-hybridized carbons (Fsp3) is 0.310. The molecule has 10 heteroatoms. The van der Waals surface area contributed by atoms with Gasteiger partial charge >= 0.3 is 0 Å². The third-order valence-electron chi connectivity index (χ3n) is 5.90. The molecule has 0 spiro atoms. The van der Waals surface area contributed by atoms with Crippen LogP contribution in [0.25, 0.3) is 0 Å². The second-order valence-electron chi connectivity index (χ2n) is 10.1. The minimum Gasteiger partial charge on any atom is -0.497 e. The Balaban J connectivity index is 2.02. The predicted octanol–water partition coefficient (Wildman–Crippen LogP) is 4.36. The van der Waals surface area contributed by atoms with E-state index in [9.17, 15) is 22.4 Å². The highest BCUT2D eigenvalue weighted by molar-refractivity contribution is 7.92. The van der Waals surface area contributed by atoms with Crippen LogP contribution in [-0.4, -0.2) is 50.4 Å². The number of hydrogen-bond donors (Lipinski definition) is 1. The minimum absolute atomic E-state index is 0.0754. The van der Waals surface area contributed by atoms with Gasteiger partial charge in [-0.15, -0.1) is 0 Å². The summed E-state index contributed by atoms with van der Waals surface area (Å²) < 4.78 is 47.3. The first-order valence-corrected chi connectivity index (χ1v) is 13.8. The van der Waals surface area contributed by atoms with Crippen molar-refractivity contribution in [3.05, 3.63) is 90.2 Å². The Bertz CT molecular complexity index is 1370. The van der Waals surface area contributed by atoms with Crippen LogP contribution < -0.4 is 14.4 Å². The van der Waals surface area contributed by atoms with Gasteiger partial charge in [0.25, 0.3) is 10.0 Å². The average molecular weight is 556 g/mol. The fourth-order valence-electron chi connectivity index (χ4n) is 3.85. The van der Waals surface area contributed by atoms with E-state index in [4.69, 9.17) is 4.74 Å². The average Bonchev–Trinajstić information content (AvgIpc) is 2.90. The van der Waals surface area contributed by atoms with Gasteiger partial charge in [0.1, 0.15) is 24.2 Å². The molecule has 208 valence electrons. The normalized spacial score (nSPS) is 12.4. The number of halogens is 1. The second kappa shape index (κ2) is 12.3. The number of amides is 2. The van der Waals surface area contributed by atoms with Crippen molar-refractivity contribution in [2.24, 2.45) is 0 Å². The monoisotopic (exact) mass is 555 g/mol. The minimum atomic E-state index is -4.26. The Labute approximate surface area is 229 Å². The lowest BCUT2D eigenvalue weighted by Crippen LogP contribution is -2.54. The Morgan fingerprint density at radius 2 is 1.54 bits per heavy atom. The van der Waals surface area contributed by atoms with E-state index in [1.54, 1.807) is 6.92 Å². The van der Waals surface area contributed by atoms with Gasteiger partial charge in [0.15, 0.2) is 0 Å². The molecule has 39 heavy (non-hydrogen) atoms. The molecule has 3 aromatic carbocycles. The molecule has 0 unspecified atom stereocenters. The zero-order valence-electron chi connectivity index (χ0n) is 22.7. The third kappa shape index (κ3) is 7.79. The maximum Gasteiger partial charge on any atom is 0.264 e. The van der Waals surface area contributed by atoms with Crippen LogP contribution in [0.15, 0.2) is 83.8 Å². The number of methoxy groups -OCH3 is 1. The molecule has 0 aliphatic carbocycles. The quantitative estimate of drug-likeness (QED) is 0.401. The van der Waals surface area contributed by atoms with Crippen LogP contribution in [0.3, 0.4) is 0 Å². The SMILES string of the molecule is COc1ccc(S(=O)(=O)N(CC(=O)N(Cc2ccccc2)[C@@H](C)C(=O)NC(C)(C)C)c2ccc(F)cc2)cc1. The molecule has 0 aromatic heterocycles. The van der Waals surface area contributed by atoms with E-state index >= 15 is 0 Å². The molecule has 0 heterocycles. The van der Waals surface area contributed by atoms with E-state index in [1.165, 1.54) is 48.4 Å². The number of hydrogen-bond acceptors (Lipinski definition) is 5.